The van der Waals surface area contributed by atoms with E-state index < -0.39 is 0 Å². The molecule has 0 aliphatic carbocycles. The number of ether oxygens (including phenoxy) is 1. The fourth-order valence-corrected chi connectivity index (χ4v) is 2.83. The summed E-state index contributed by atoms with van der Waals surface area (Å²) >= 11 is 0. The van der Waals surface area contributed by atoms with Gasteiger partial charge >= 0.3 is 6.03 Å². The molecule has 0 saturated carbocycles. The van der Waals surface area contributed by atoms with Crippen molar-refractivity contribution in [2.75, 3.05) is 47.4 Å². The van der Waals surface area contributed by atoms with Crippen LogP contribution in [-0.2, 0) is 6.54 Å². The Balaban J connectivity index is 1.60. The lowest BCUT2D eigenvalue weighted by Gasteiger charge is -2.35. The van der Waals surface area contributed by atoms with E-state index in [1.807, 2.05) is 29.2 Å². The maximum absolute atomic E-state index is 12.0. The highest BCUT2D eigenvalue weighted by Gasteiger charge is 2.23. The summed E-state index contributed by atoms with van der Waals surface area (Å²) < 4.78 is 10.7. The zero-order valence-corrected chi connectivity index (χ0v) is 14.8. The molecule has 1 aromatic heterocycles. The van der Waals surface area contributed by atoms with E-state index in [-0.39, 0.29) is 6.03 Å². The molecule has 0 bridgehead atoms. The minimum atomic E-state index is 0.0518. The van der Waals surface area contributed by atoms with E-state index in [9.17, 15) is 4.79 Å². The van der Waals surface area contributed by atoms with Gasteiger partial charge in [0.15, 0.2) is 0 Å². The van der Waals surface area contributed by atoms with Crippen LogP contribution < -0.4 is 4.74 Å². The largest absolute Gasteiger partial charge is 0.496 e. The Labute approximate surface area is 147 Å². The topological polar surface area (TPSA) is 74.9 Å². The van der Waals surface area contributed by atoms with Crippen LogP contribution in [0.4, 0.5) is 4.79 Å². The number of carbonyl (C=O) groups excluding carboxylic acids is 1. The SMILES string of the molecule is COc1ccccc1-c1noc(CN2CCN(C(=O)N(C)C)CC2)n1. The molecular formula is C17H23N5O3. The number of hydrogen-bond donors (Lipinski definition) is 0. The first-order valence-corrected chi connectivity index (χ1v) is 8.23. The normalized spacial score (nSPS) is 15.2. The summed E-state index contributed by atoms with van der Waals surface area (Å²) in [6.07, 6.45) is 0. The Morgan fingerprint density at radius 1 is 1.24 bits per heavy atom. The summed E-state index contributed by atoms with van der Waals surface area (Å²) in [6, 6.07) is 7.63. The first-order valence-electron chi connectivity index (χ1n) is 8.23. The molecule has 3 rings (SSSR count). The number of piperazine rings is 1. The van der Waals surface area contributed by atoms with Gasteiger partial charge < -0.3 is 19.1 Å². The van der Waals surface area contributed by atoms with Crippen molar-refractivity contribution in [3.63, 3.8) is 0 Å². The fourth-order valence-electron chi connectivity index (χ4n) is 2.83. The van der Waals surface area contributed by atoms with Gasteiger partial charge in [0.1, 0.15) is 5.75 Å². The molecule has 2 amide bonds. The molecule has 0 atom stereocenters. The number of para-hydroxylation sites is 1. The van der Waals surface area contributed by atoms with Crippen LogP contribution in [0.15, 0.2) is 28.8 Å². The van der Waals surface area contributed by atoms with Crippen molar-refractivity contribution >= 4 is 6.03 Å². The molecule has 1 aromatic carbocycles. The lowest BCUT2D eigenvalue weighted by atomic mass is 10.2. The van der Waals surface area contributed by atoms with Crippen LogP contribution in [0.1, 0.15) is 5.89 Å². The van der Waals surface area contributed by atoms with Gasteiger partial charge in [-0.2, -0.15) is 4.98 Å². The third-order valence-electron chi connectivity index (χ3n) is 4.20. The summed E-state index contributed by atoms with van der Waals surface area (Å²) in [6.45, 7) is 3.54. The number of hydrogen-bond acceptors (Lipinski definition) is 6. The van der Waals surface area contributed by atoms with E-state index in [1.165, 1.54) is 0 Å². The van der Waals surface area contributed by atoms with Gasteiger partial charge in [0.25, 0.3) is 0 Å². The summed E-state index contributed by atoms with van der Waals surface area (Å²) in [5, 5.41) is 4.06. The standard InChI is InChI=1S/C17H23N5O3/c1-20(2)17(23)22-10-8-21(9-11-22)12-15-18-16(19-25-15)13-6-4-5-7-14(13)24-3/h4-7H,8-12H2,1-3H3. The molecule has 1 fully saturated rings. The van der Waals surface area contributed by atoms with Crippen molar-refractivity contribution in [3.8, 4) is 17.1 Å². The number of rotatable bonds is 4. The molecule has 2 heterocycles. The molecule has 134 valence electrons. The Hall–Kier alpha value is -2.61. The Kier molecular flexibility index (Phi) is 5.18. The molecule has 8 heteroatoms. The highest BCUT2D eigenvalue weighted by atomic mass is 16.5. The zero-order chi connectivity index (χ0) is 17.8. The van der Waals surface area contributed by atoms with E-state index in [0.717, 1.165) is 18.7 Å². The minimum Gasteiger partial charge on any atom is -0.496 e. The van der Waals surface area contributed by atoms with E-state index >= 15 is 0 Å². The van der Waals surface area contributed by atoms with Gasteiger partial charge in [-0.25, -0.2) is 4.79 Å². The van der Waals surface area contributed by atoms with Gasteiger partial charge in [0, 0.05) is 40.3 Å². The predicted octanol–water partition coefficient (Wildman–Crippen LogP) is 1.54. The van der Waals surface area contributed by atoms with Crippen molar-refractivity contribution in [1.29, 1.82) is 0 Å². The smallest absolute Gasteiger partial charge is 0.319 e. The van der Waals surface area contributed by atoms with Crippen molar-refractivity contribution in [2.24, 2.45) is 0 Å². The lowest BCUT2D eigenvalue weighted by molar-refractivity contribution is 0.113. The molecule has 25 heavy (non-hydrogen) atoms. The van der Waals surface area contributed by atoms with Crippen molar-refractivity contribution in [1.82, 2.24) is 24.8 Å². The van der Waals surface area contributed by atoms with E-state index in [0.29, 0.717) is 37.1 Å². The molecule has 0 unspecified atom stereocenters. The Morgan fingerprint density at radius 3 is 2.64 bits per heavy atom. The molecule has 2 aromatic rings. The van der Waals surface area contributed by atoms with E-state index in [4.69, 9.17) is 9.26 Å². The van der Waals surface area contributed by atoms with Gasteiger partial charge in [-0.05, 0) is 12.1 Å². The van der Waals surface area contributed by atoms with Crippen LogP contribution in [0.25, 0.3) is 11.4 Å². The lowest BCUT2D eigenvalue weighted by Crippen LogP contribution is -2.51. The average molecular weight is 345 g/mol. The fraction of sp³-hybridized carbons (Fsp3) is 0.471. The quantitative estimate of drug-likeness (QED) is 0.837. The van der Waals surface area contributed by atoms with E-state index in [2.05, 4.69) is 15.0 Å². The highest BCUT2D eigenvalue weighted by Crippen LogP contribution is 2.27. The molecule has 0 N–H and O–H groups in total. The first kappa shape index (κ1) is 17.2. The predicted molar refractivity (Wildman–Crippen MR) is 92.2 cm³/mol. The summed E-state index contributed by atoms with van der Waals surface area (Å²) in [5.41, 5.74) is 0.807. The number of carbonyl (C=O) groups is 1. The number of urea groups is 1. The van der Waals surface area contributed by atoms with Crippen LogP contribution in [0.2, 0.25) is 0 Å². The molecule has 1 saturated heterocycles. The third-order valence-corrected chi connectivity index (χ3v) is 4.20. The number of benzene rings is 1. The second-order valence-electron chi connectivity index (χ2n) is 6.15. The summed E-state index contributed by atoms with van der Waals surface area (Å²) in [7, 11) is 5.16. The van der Waals surface area contributed by atoms with Gasteiger partial charge in [-0.15, -0.1) is 0 Å². The van der Waals surface area contributed by atoms with Crippen molar-refractivity contribution < 1.29 is 14.1 Å². The Morgan fingerprint density at radius 2 is 1.96 bits per heavy atom. The monoisotopic (exact) mass is 345 g/mol. The van der Waals surface area contributed by atoms with Gasteiger partial charge in [0.05, 0.1) is 19.2 Å². The zero-order valence-electron chi connectivity index (χ0n) is 14.8. The molecule has 0 spiro atoms. The maximum atomic E-state index is 12.0. The summed E-state index contributed by atoms with van der Waals surface area (Å²) in [5.74, 6) is 1.80. The number of nitrogens with zero attached hydrogens (tertiary/aromatic N) is 5. The Bertz CT molecular complexity index is 723. The third kappa shape index (κ3) is 3.90. The van der Waals surface area contributed by atoms with Gasteiger partial charge in [-0.3, -0.25) is 4.90 Å². The summed E-state index contributed by atoms with van der Waals surface area (Å²) in [4.78, 5) is 22.1. The highest BCUT2D eigenvalue weighted by molar-refractivity contribution is 5.73. The molecule has 1 aliphatic heterocycles. The molecule has 8 nitrogen and oxygen atoms in total. The number of methoxy groups -OCH3 is 1. The molecule has 1 aliphatic rings. The average Bonchev–Trinajstić information content (AvgIpc) is 3.10. The molecular weight excluding hydrogens is 322 g/mol. The second-order valence-corrected chi connectivity index (χ2v) is 6.15. The minimum absolute atomic E-state index is 0.0518. The second kappa shape index (κ2) is 7.52. The van der Waals surface area contributed by atoms with Crippen LogP contribution in [0.3, 0.4) is 0 Å². The van der Waals surface area contributed by atoms with Crippen molar-refractivity contribution in [3.05, 3.63) is 30.2 Å². The van der Waals surface area contributed by atoms with Crippen molar-refractivity contribution in [2.45, 2.75) is 6.54 Å². The van der Waals surface area contributed by atoms with Crippen LogP contribution in [-0.4, -0.2) is 78.3 Å². The molecule has 0 radical (unpaired) electrons. The van der Waals surface area contributed by atoms with Gasteiger partial charge in [0.2, 0.25) is 11.7 Å². The number of aromatic nitrogens is 2. The van der Waals surface area contributed by atoms with Crippen LogP contribution in [0.5, 0.6) is 5.75 Å². The van der Waals surface area contributed by atoms with Crippen LogP contribution >= 0.6 is 0 Å². The first-order chi connectivity index (χ1) is 12.1. The van der Waals surface area contributed by atoms with Crippen LogP contribution in [0, 0.1) is 0 Å². The van der Waals surface area contributed by atoms with Gasteiger partial charge in [-0.1, -0.05) is 17.3 Å². The van der Waals surface area contributed by atoms with E-state index in [1.54, 1.807) is 26.1 Å². The maximum Gasteiger partial charge on any atom is 0.319 e. The number of amides is 2.